The first-order valence-corrected chi connectivity index (χ1v) is 10.2. The molecule has 6 nitrogen and oxygen atoms in total. The van der Waals surface area contributed by atoms with Crippen LogP contribution in [0.15, 0.2) is 46.9 Å². The molecule has 0 radical (unpaired) electrons. The molecule has 0 aliphatic carbocycles. The summed E-state index contributed by atoms with van der Waals surface area (Å²) in [6.45, 7) is 2.18. The second-order valence-corrected chi connectivity index (χ2v) is 7.92. The lowest BCUT2D eigenvalue weighted by molar-refractivity contribution is -0.132. The van der Waals surface area contributed by atoms with E-state index in [2.05, 4.69) is 15.9 Å². The third-order valence-corrected chi connectivity index (χ3v) is 5.77. The quantitative estimate of drug-likeness (QED) is 0.586. The number of amides is 3. The van der Waals surface area contributed by atoms with E-state index in [0.717, 1.165) is 15.8 Å². The van der Waals surface area contributed by atoms with Crippen LogP contribution in [-0.2, 0) is 4.79 Å². The molecule has 0 saturated heterocycles. The maximum absolute atomic E-state index is 12.6. The van der Waals surface area contributed by atoms with Crippen LogP contribution in [0.25, 0.3) is 0 Å². The van der Waals surface area contributed by atoms with Gasteiger partial charge in [0.2, 0.25) is 5.91 Å². The largest absolute Gasteiger partial charge is 0.497 e. The molecule has 0 saturated carbocycles. The number of halogens is 1. The van der Waals surface area contributed by atoms with Gasteiger partial charge in [0.05, 0.1) is 24.3 Å². The summed E-state index contributed by atoms with van der Waals surface area (Å²) in [5, 5.41) is 0. The van der Waals surface area contributed by atoms with Crippen LogP contribution in [0.2, 0.25) is 0 Å². The Bertz CT molecular complexity index is 942. The van der Waals surface area contributed by atoms with Gasteiger partial charge in [-0.1, -0.05) is 28.1 Å². The monoisotopic (exact) mass is 458 g/mol. The SMILES string of the molecule is COc1ccc(C(C)N(C)C(=O)CCCN2C(=O)c3ccc(Br)cc3C2=O)cc1. The predicted octanol–water partition coefficient (Wildman–Crippen LogP) is 4.05. The van der Waals surface area contributed by atoms with Crippen molar-refractivity contribution in [2.24, 2.45) is 0 Å². The lowest BCUT2D eigenvalue weighted by Gasteiger charge is -2.26. The van der Waals surface area contributed by atoms with Crippen molar-refractivity contribution in [2.45, 2.75) is 25.8 Å². The van der Waals surface area contributed by atoms with Crippen LogP contribution in [0.3, 0.4) is 0 Å². The highest BCUT2D eigenvalue weighted by Crippen LogP contribution is 2.27. The van der Waals surface area contributed by atoms with Gasteiger partial charge in [-0.15, -0.1) is 0 Å². The molecule has 152 valence electrons. The van der Waals surface area contributed by atoms with Gasteiger partial charge in [0.1, 0.15) is 5.75 Å². The fraction of sp³-hybridized carbons (Fsp3) is 0.318. The highest BCUT2D eigenvalue weighted by Gasteiger charge is 2.35. The van der Waals surface area contributed by atoms with Crippen molar-refractivity contribution in [2.75, 3.05) is 20.7 Å². The Kier molecular flexibility index (Phi) is 6.37. The number of ether oxygens (including phenoxy) is 1. The minimum Gasteiger partial charge on any atom is -0.497 e. The molecular formula is C22H23BrN2O4. The number of fused-ring (bicyclic) bond motifs is 1. The van der Waals surface area contributed by atoms with E-state index in [1.54, 1.807) is 37.3 Å². The minimum absolute atomic E-state index is 0.0346. The van der Waals surface area contributed by atoms with Gasteiger partial charge in [0.15, 0.2) is 0 Å². The summed E-state index contributed by atoms with van der Waals surface area (Å²) in [6, 6.07) is 12.6. The van der Waals surface area contributed by atoms with Crippen molar-refractivity contribution in [3.05, 3.63) is 63.6 Å². The lowest BCUT2D eigenvalue weighted by Crippen LogP contribution is -2.33. The fourth-order valence-corrected chi connectivity index (χ4v) is 3.71. The molecular weight excluding hydrogens is 436 g/mol. The summed E-state index contributed by atoms with van der Waals surface area (Å²) in [6.07, 6.45) is 0.680. The van der Waals surface area contributed by atoms with E-state index in [1.807, 2.05) is 31.2 Å². The predicted molar refractivity (Wildman–Crippen MR) is 113 cm³/mol. The van der Waals surface area contributed by atoms with Gasteiger partial charge < -0.3 is 9.64 Å². The second-order valence-electron chi connectivity index (χ2n) is 7.01. The van der Waals surface area contributed by atoms with E-state index in [-0.39, 0.29) is 36.7 Å². The smallest absolute Gasteiger partial charge is 0.261 e. The Morgan fingerprint density at radius 3 is 2.41 bits per heavy atom. The van der Waals surface area contributed by atoms with Gasteiger partial charge in [0.25, 0.3) is 11.8 Å². The number of methoxy groups -OCH3 is 1. The van der Waals surface area contributed by atoms with E-state index in [1.165, 1.54) is 4.90 Å². The van der Waals surface area contributed by atoms with Crippen LogP contribution in [0.1, 0.15) is 52.1 Å². The molecule has 1 unspecified atom stereocenters. The normalized spacial score (nSPS) is 14.0. The zero-order valence-corrected chi connectivity index (χ0v) is 18.2. The molecule has 0 N–H and O–H groups in total. The van der Waals surface area contributed by atoms with E-state index in [4.69, 9.17) is 4.74 Å². The first kappa shape index (κ1) is 21.0. The van der Waals surface area contributed by atoms with Crippen molar-refractivity contribution in [1.82, 2.24) is 9.80 Å². The van der Waals surface area contributed by atoms with Crippen molar-refractivity contribution in [3.63, 3.8) is 0 Å². The van der Waals surface area contributed by atoms with Gasteiger partial charge in [-0.3, -0.25) is 19.3 Å². The van der Waals surface area contributed by atoms with Gasteiger partial charge in [0, 0.05) is 24.5 Å². The highest BCUT2D eigenvalue weighted by molar-refractivity contribution is 9.10. The molecule has 1 aliphatic rings. The van der Waals surface area contributed by atoms with Gasteiger partial charge >= 0.3 is 0 Å². The van der Waals surface area contributed by atoms with E-state index in [0.29, 0.717) is 17.5 Å². The number of hydrogen-bond acceptors (Lipinski definition) is 4. The highest BCUT2D eigenvalue weighted by atomic mass is 79.9. The maximum Gasteiger partial charge on any atom is 0.261 e. The van der Waals surface area contributed by atoms with Crippen LogP contribution in [0.4, 0.5) is 0 Å². The van der Waals surface area contributed by atoms with Gasteiger partial charge in [-0.05, 0) is 49.2 Å². The molecule has 2 aromatic rings. The Labute approximate surface area is 178 Å². The zero-order valence-electron chi connectivity index (χ0n) is 16.6. The number of benzene rings is 2. The summed E-state index contributed by atoms with van der Waals surface area (Å²) >= 11 is 3.32. The molecule has 1 aliphatic heterocycles. The van der Waals surface area contributed by atoms with Gasteiger partial charge in [-0.25, -0.2) is 0 Å². The number of carbonyl (C=O) groups excluding carboxylic acids is 3. The molecule has 0 spiro atoms. The molecule has 1 heterocycles. The molecule has 7 heteroatoms. The van der Waals surface area contributed by atoms with Crippen molar-refractivity contribution in [3.8, 4) is 5.75 Å². The summed E-state index contributed by atoms with van der Waals surface area (Å²) in [7, 11) is 3.37. The molecule has 0 aromatic heterocycles. The summed E-state index contributed by atoms with van der Waals surface area (Å²) in [5.74, 6) is 0.124. The Morgan fingerprint density at radius 1 is 1.10 bits per heavy atom. The Morgan fingerprint density at radius 2 is 1.76 bits per heavy atom. The number of nitrogens with zero attached hydrogens (tertiary/aromatic N) is 2. The van der Waals surface area contributed by atoms with Gasteiger partial charge in [-0.2, -0.15) is 0 Å². The molecule has 0 bridgehead atoms. The van der Waals surface area contributed by atoms with Crippen LogP contribution < -0.4 is 4.74 Å². The standard InChI is InChI=1S/C22H23BrN2O4/c1-14(15-6-9-17(29-3)10-7-15)24(2)20(26)5-4-12-25-21(27)18-11-8-16(23)13-19(18)22(25)28/h6-11,13-14H,4-5,12H2,1-3H3. The van der Waals surface area contributed by atoms with Crippen molar-refractivity contribution in [1.29, 1.82) is 0 Å². The van der Waals surface area contributed by atoms with Crippen LogP contribution in [0, 0.1) is 0 Å². The first-order chi connectivity index (χ1) is 13.8. The fourth-order valence-electron chi connectivity index (χ4n) is 3.35. The zero-order chi connectivity index (χ0) is 21.1. The van der Waals surface area contributed by atoms with Crippen LogP contribution >= 0.6 is 15.9 Å². The third kappa shape index (κ3) is 4.34. The van der Waals surface area contributed by atoms with Crippen molar-refractivity contribution < 1.29 is 19.1 Å². The third-order valence-electron chi connectivity index (χ3n) is 5.28. The van der Waals surface area contributed by atoms with Crippen molar-refractivity contribution >= 4 is 33.7 Å². The molecule has 0 fully saturated rings. The van der Waals surface area contributed by atoms with Crippen LogP contribution in [0.5, 0.6) is 5.75 Å². The molecule has 3 rings (SSSR count). The number of imide groups is 1. The van der Waals surface area contributed by atoms with E-state index in [9.17, 15) is 14.4 Å². The average Bonchev–Trinajstić information content (AvgIpc) is 2.96. The molecule has 3 amide bonds. The topological polar surface area (TPSA) is 66.9 Å². The average molecular weight is 459 g/mol. The van der Waals surface area contributed by atoms with Crippen LogP contribution in [-0.4, -0.2) is 48.2 Å². The molecule has 2 aromatic carbocycles. The first-order valence-electron chi connectivity index (χ1n) is 9.39. The summed E-state index contributed by atoms with van der Waals surface area (Å²) < 4.78 is 5.92. The summed E-state index contributed by atoms with van der Waals surface area (Å²) in [5.41, 5.74) is 1.82. The summed E-state index contributed by atoms with van der Waals surface area (Å²) in [4.78, 5) is 40.4. The number of rotatable bonds is 7. The number of hydrogen-bond donors (Lipinski definition) is 0. The van der Waals surface area contributed by atoms with E-state index >= 15 is 0 Å². The Balaban J connectivity index is 1.55. The molecule has 1 atom stereocenters. The van der Waals surface area contributed by atoms with E-state index < -0.39 is 0 Å². The number of carbonyl (C=O) groups is 3. The molecule has 29 heavy (non-hydrogen) atoms. The second kappa shape index (κ2) is 8.78. The minimum atomic E-state index is -0.307. The Hall–Kier alpha value is -2.67. The lowest BCUT2D eigenvalue weighted by atomic mass is 10.1. The maximum atomic E-state index is 12.6.